The maximum atomic E-state index is 9.05. The third-order valence-electron chi connectivity index (χ3n) is 5.46. The lowest BCUT2D eigenvalue weighted by molar-refractivity contribution is -0.0448. The van der Waals surface area contributed by atoms with Crippen molar-refractivity contribution in [1.82, 2.24) is 9.88 Å². The monoisotopic (exact) mass is 348 g/mol. The van der Waals surface area contributed by atoms with Gasteiger partial charge in [-0.25, -0.2) is 4.98 Å². The van der Waals surface area contributed by atoms with Gasteiger partial charge in [0.15, 0.2) is 0 Å². The molecule has 0 aliphatic carbocycles. The first-order chi connectivity index (χ1) is 12.7. The molecule has 3 heterocycles. The van der Waals surface area contributed by atoms with Gasteiger partial charge in [0.1, 0.15) is 5.82 Å². The molecular formula is C21H24N4O. The van der Waals surface area contributed by atoms with E-state index < -0.39 is 0 Å². The molecule has 1 aromatic carbocycles. The SMILES string of the molecule is N#Cc1cccc(CN2CCC3(CC2)CC(Nc2ccccn2)CO3)c1. The quantitative estimate of drug-likeness (QED) is 0.919. The minimum absolute atomic E-state index is 0.0114. The zero-order valence-corrected chi connectivity index (χ0v) is 14.9. The van der Waals surface area contributed by atoms with Crippen LogP contribution in [0.3, 0.4) is 0 Å². The number of aromatic nitrogens is 1. The summed E-state index contributed by atoms with van der Waals surface area (Å²) < 4.78 is 6.24. The molecule has 1 aromatic heterocycles. The number of anilines is 1. The number of ether oxygens (including phenoxy) is 1. The van der Waals surface area contributed by atoms with Crippen LogP contribution in [0.15, 0.2) is 48.7 Å². The van der Waals surface area contributed by atoms with Gasteiger partial charge < -0.3 is 10.1 Å². The molecule has 2 aliphatic heterocycles. The second-order valence-corrected chi connectivity index (χ2v) is 7.34. The van der Waals surface area contributed by atoms with Crippen LogP contribution < -0.4 is 5.32 Å². The molecule has 26 heavy (non-hydrogen) atoms. The van der Waals surface area contributed by atoms with Crippen LogP contribution in [0.4, 0.5) is 5.82 Å². The van der Waals surface area contributed by atoms with Gasteiger partial charge in [-0.1, -0.05) is 18.2 Å². The fraction of sp³-hybridized carbons (Fsp3) is 0.429. The average molecular weight is 348 g/mol. The Morgan fingerprint density at radius 1 is 1.23 bits per heavy atom. The topological polar surface area (TPSA) is 61.2 Å². The Kier molecular flexibility index (Phi) is 4.87. The fourth-order valence-electron chi connectivity index (χ4n) is 4.06. The van der Waals surface area contributed by atoms with E-state index in [2.05, 4.69) is 27.3 Å². The second-order valence-electron chi connectivity index (χ2n) is 7.34. The molecule has 4 rings (SSSR count). The number of pyridine rings is 1. The van der Waals surface area contributed by atoms with Crippen molar-refractivity contribution in [3.8, 4) is 6.07 Å². The third-order valence-corrected chi connectivity index (χ3v) is 5.46. The molecule has 1 atom stereocenters. The van der Waals surface area contributed by atoms with Gasteiger partial charge in [-0.3, -0.25) is 4.90 Å². The Labute approximate surface area is 154 Å². The highest BCUT2D eigenvalue weighted by molar-refractivity contribution is 5.35. The van der Waals surface area contributed by atoms with Crippen LogP contribution in [0.2, 0.25) is 0 Å². The van der Waals surface area contributed by atoms with Crippen LogP contribution in [0.1, 0.15) is 30.4 Å². The molecule has 5 heteroatoms. The lowest BCUT2D eigenvalue weighted by atomic mass is 9.87. The maximum absolute atomic E-state index is 9.05. The average Bonchev–Trinajstić information content (AvgIpc) is 3.07. The molecule has 5 nitrogen and oxygen atoms in total. The highest BCUT2D eigenvalue weighted by Crippen LogP contribution is 2.37. The molecule has 1 spiro atoms. The maximum Gasteiger partial charge on any atom is 0.126 e. The summed E-state index contributed by atoms with van der Waals surface area (Å²) in [6, 6.07) is 16.4. The van der Waals surface area contributed by atoms with Crippen LogP contribution in [0.25, 0.3) is 0 Å². The van der Waals surface area contributed by atoms with Crippen molar-refractivity contribution in [2.24, 2.45) is 0 Å². The highest BCUT2D eigenvalue weighted by Gasteiger charge is 2.42. The highest BCUT2D eigenvalue weighted by atomic mass is 16.5. The molecule has 1 unspecified atom stereocenters. The van der Waals surface area contributed by atoms with Crippen LogP contribution >= 0.6 is 0 Å². The van der Waals surface area contributed by atoms with Gasteiger partial charge in [-0.15, -0.1) is 0 Å². The minimum Gasteiger partial charge on any atom is -0.373 e. The van der Waals surface area contributed by atoms with Crippen LogP contribution in [0, 0.1) is 11.3 Å². The smallest absolute Gasteiger partial charge is 0.126 e. The Morgan fingerprint density at radius 3 is 2.88 bits per heavy atom. The van der Waals surface area contributed by atoms with E-state index in [1.807, 2.05) is 42.6 Å². The predicted octanol–water partition coefficient (Wildman–Crippen LogP) is 3.19. The lowest BCUT2D eigenvalue weighted by Crippen LogP contribution is -2.44. The zero-order valence-electron chi connectivity index (χ0n) is 14.9. The number of rotatable bonds is 4. The first-order valence-corrected chi connectivity index (χ1v) is 9.28. The molecule has 2 fully saturated rings. The molecule has 134 valence electrons. The van der Waals surface area contributed by atoms with E-state index in [-0.39, 0.29) is 5.60 Å². The van der Waals surface area contributed by atoms with Crippen LogP contribution in [-0.2, 0) is 11.3 Å². The zero-order chi connectivity index (χ0) is 17.8. The van der Waals surface area contributed by atoms with E-state index in [0.717, 1.165) is 56.9 Å². The molecule has 1 N–H and O–H groups in total. The van der Waals surface area contributed by atoms with Crippen LogP contribution in [-0.4, -0.2) is 41.2 Å². The van der Waals surface area contributed by atoms with Gasteiger partial charge in [0.05, 0.1) is 29.9 Å². The first kappa shape index (κ1) is 17.0. The van der Waals surface area contributed by atoms with Gasteiger partial charge in [-0.05, 0) is 49.1 Å². The summed E-state index contributed by atoms with van der Waals surface area (Å²) in [4.78, 5) is 6.81. The third kappa shape index (κ3) is 3.87. The standard InChI is InChI=1S/C21H24N4O/c22-14-17-4-3-5-18(12-17)15-25-10-7-21(8-11-25)13-19(16-26-21)24-20-6-1-2-9-23-20/h1-6,9,12,19H,7-8,10-11,13,15-16H2,(H,23,24). The van der Waals surface area contributed by atoms with Crippen molar-refractivity contribution in [2.45, 2.75) is 37.5 Å². The van der Waals surface area contributed by atoms with E-state index in [1.165, 1.54) is 5.56 Å². The van der Waals surface area contributed by atoms with Gasteiger partial charge in [0.25, 0.3) is 0 Å². The molecule has 2 saturated heterocycles. The van der Waals surface area contributed by atoms with Gasteiger partial charge in [0.2, 0.25) is 0 Å². The summed E-state index contributed by atoms with van der Waals surface area (Å²) >= 11 is 0. The Hall–Kier alpha value is -2.42. The number of nitriles is 1. The second kappa shape index (κ2) is 7.45. The molecule has 0 amide bonds. The summed E-state index contributed by atoms with van der Waals surface area (Å²) in [6.07, 6.45) is 4.98. The van der Waals surface area contributed by atoms with Gasteiger partial charge in [-0.2, -0.15) is 5.26 Å². The Balaban J connectivity index is 1.30. The Bertz CT molecular complexity index is 778. The molecular weight excluding hydrogens is 324 g/mol. The summed E-state index contributed by atoms with van der Waals surface area (Å²) in [7, 11) is 0. The van der Waals surface area contributed by atoms with Crippen molar-refractivity contribution in [3.05, 3.63) is 59.8 Å². The summed E-state index contributed by atoms with van der Waals surface area (Å²) in [5, 5.41) is 12.5. The van der Waals surface area contributed by atoms with Gasteiger partial charge in [0, 0.05) is 25.8 Å². The van der Waals surface area contributed by atoms with Crippen molar-refractivity contribution < 1.29 is 4.74 Å². The van der Waals surface area contributed by atoms with E-state index >= 15 is 0 Å². The summed E-state index contributed by atoms with van der Waals surface area (Å²) in [5.74, 6) is 0.924. The van der Waals surface area contributed by atoms with Crippen molar-refractivity contribution in [2.75, 3.05) is 25.0 Å². The minimum atomic E-state index is 0.0114. The van der Waals surface area contributed by atoms with E-state index in [0.29, 0.717) is 6.04 Å². The lowest BCUT2D eigenvalue weighted by Gasteiger charge is -2.38. The Morgan fingerprint density at radius 2 is 2.12 bits per heavy atom. The first-order valence-electron chi connectivity index (χ1n) is 9.28. The number of nitrogens with zero attached hydrogens (tertiary/aromatic N) is 3. The van der Waals surface area contributed by atoms with E-state index in [9.17, 15) is 0 Å². The normalized spacial score (nSPS) is 22.2. The number of piperidine rings is 1. The molecule has 2 aromatic rings. The fourth-order valence-corrected chi connectivity index (χ4v) is 4.06. The van der Waals surface area contributed by atoms with Crippen molar-refractivity contribution >= 4 is 5.82 Å². The van der Waals surface area contributed by atoms with E-state index in [4.69, 9.17) is 10.00 Å². The molecule has 0 saturated carbocycles. The molecule has 0 bridgehead atoms. The molecule has 0 radical (unpaired) electrons. The number of likely N-dealkylation sites (tertiary alicyclic amines) is 1. The van der Waals surface area contributed by atoms with Crippen LogP contribution in [0.5, 0.6) is 0 Å². The molecule has 2 aliphatic rings. The summed E-state index contributed by atoms with van der Waals surface area (Å²) in [5.41, 5.74) is 1.96. The number of benzene rings is 1. The summed E-state index contributed by atoms with van der Waals surface area (Å²) in [6.45, 7) is 3.72. The van der Waals surface area contributed by atoms with Crippen molar-refractivity contribution in [3.63, 3.8) is 0 Å². The van der Waals surface area contributed by atoms with Crippen molar-refractivity contribution in [1.29, 1.82) is 5.26 Å². The number of hydrogen-bond acceptors (Lipinski definition) is 5. The van der Waals surface area contributed by atoms with E-state index in [1.54, 1.807) is 0 Å². The predicted molar refractivity (Wildman–Crippen MR) is 101 cm³/mol. The van der Waals surface area contributed by atoms with Gasteiger partial charge >= 0.3 is 0 Å². The largest absolute Gasteiger partial charge is 0.373 e. The number of hydrogen-bond donors (Lipinski definition) is 1. The number of nitrogens with one attached hydrogen (secondary N) is 1.